The van der Waals surface area contributed by atoms with Gasteiger partial charge in [0.2, 0.25) is 5.91 Å². The molecular formula is C15H23Cl2N3OS. The molecule has 124 valence electrons. The molecule has 4 nitrogen and oxygen atoms in total. The van der Waals surface area contributed by atoms with Crippen LogP contribution in [0.2, 0.25) is 0 Å². The topological polar surface area (TPSA) is 54.0 Å². The Balaban J connectivity index is 0.00000121. The highest BCUT2D eigenvalue weighted by Crippen LogP contribution is 2.32. The van der Waals surface area contributed by atoms with E-state index in [0.29, 0.717) is 6.04 Å². The number of aromatic nitrogens is 1. The minimum absolute atomic E-state index is 0. The number of nitrogens with one attached hydrogen (secondary N) is 2. The fourth-order valence-electron chi connectivity index (χ4n) is 2.89. The number of rotatable bonds is 3. The first-order valence-corrected chi connectivity index (χ1v) is 8.46. The number of amides is 1. The van der Waals surface area contributed by atoms with E-state index in [-0.39, 0.29) is 42.1 Å². The van der Waals surface area contributed by atoms with Crippen LogP contribution in [-0.2, 0) is 4.79 Å². The number of hydrogen-bond donors (Lipinski definition) is 2. The van der Waals surface area contributed by atoms with Crippen molar-refractivity contribution in [2.24, 2.45) is 0 Å². The summed E-state index contributed by atoms with van der Waals surface area (Å²) >= 11 is 1.78. The molecule has 22 heavy (non-hydrogen) atoms. The molecule has 3 rings (SSSR count). The smallest absolute Gasteiger partial charge is 0.238 e. The van der Waals surface area contributed by atoms with E-state index in [1.165, 1.54) is 19.3 Å². The summed E-state index contributed by atoms with van der Waals surface area (Å²) in [7, 11) is 0. The number of thioether (sulfide) groups is 1. The molecule has 0 radical (unpaired) electrons. The van der Waals surface area contributed by atoms with Crippen LogP contribution >= 0.6 is 36.6 Å². The molecule has 0 bridgehead atoms. The van der Waals surface area contributed by atoms with E-state index in [1.54, 1.807) is 18.0 Å². The Morgan fingerprint density at radius 1 is 1.27 bits per heavy atom. The average molecular weight is 364 g/mol. The Morgan fingerprint density at radius 3 is 2.73 bits per heavy atom. The lowest BCUT2D eigenvalue weighted by atomic mass is 9.95. The summed E-state index contributed by atoms with van der Waals surface area (Å²) in [6.45, 7) is 0. The van der Waals surface area contributed by atoms with Gasteiger partial charge in [-0.1, -0.05) is 25.3 Å². The molecule has 2 heterocycles. The van der Waals surface area contributed by atoms with Crippen molar-refractivity contribution in [2.45, 2.75) is 49.6 Å². The second-order valence-electron chi connectivity index (χ2n) is 5.56. The highest BCUT2D eigenvalue weighted by Gasteiger charge is 2.31. The van der Waals surface area contributed by atoms with Crippen LogP contribution in [0.4, 0.5) is 0 Å². The minimum atomic E-state index is -0.0767. The van der Waals surface area contributed by atoms with Crippen molar-refractivity contribution in [3.8, 4) is 0 Å². The highest BCUT2D eigenvalue weighted by molar-refractivity contribution is 7.99. The number of nitrogens with zero attached hydrogens (tertiary/aromatic N) is 1. The maximum absolute atomic E-state index is 12.3. The predicted molar refractivity (Wildman–Crippen MR) is 95.9 cm³/mol. The van der Waals surface area contributed by atoms with Gasteiger partial charge >= 0.3 is 0 Å². The van der Waals surface area contributed by atoms with Gasteiger partial charge in [0, 0.05) is 24.2 Å². The fraction of sp³-hybridized carbons (Fsp3) is 0.600. The third-order valence-corrected chi connectivity index (χ3v) is 5.30. The summed E-state index contributed by atoms with van der Waals surface area (Å²) in [6, 6.07) is 4.30. The molecule has 1 amide bonds. The van der Waals surface area contributed by atoms with Crippen LogP contribution in [0.15, 0.2) is 24.5 Å². The molecule has 1 aromatic heterocycles. The van der Waals surface area contributed by atoms with E-state index in [0.717, 1.165) is 24.2 Å². The van der Waals surface area contributed by atoms with Gasteiger partial charge in [0.1, 0.15) is 0 Å². The summed E-state index contributed by atoms with van der Waals surface area (Å²) in [5.74, 6) is 0.994. The number of carbonyl (C=O) groups excluding carboxylic acids is 1. The first kappa shape index (κ1) is 19.6. The summed E-state index contributed by atoms with van der Waals surface area (Å²) in [5.41, 5.74) is 1.14. The van der Waals surface area contributed by atoms with Gasteiger partial charge in [0.05, 0.1) is 11.4 Å². The lowest BCUT2D eigenvalue weighted by Gasteiger charge is -2.24. The van der Waals surface area contributed by atoms with Crippen LogP contribution < -0.4 is 10.6 Å². The molecule has 1 aromatic rings. The molecule has 1 aliphatic heterocycles. The van der Waals surface area contributed by atoms with Crippen molar-refractivity contribution in [2.75, 3.05) is 5.75 Å². The quantitative estimate of drug-likeness (QED) is 0.866. The maximum Gasteiger partial charge on any atom is 0.238 e. The van der Waals surface area contributed by atoms with E-state index in [9.17, 15) is 4.79 Å². The second-order valence-corrected chi connectivity index (χ2v) is 6.70. The van der Waals surface area contributed by atoms with Crippen molar-refractivity contribution in [1.82, 2.24) is 15.6 Å². The molecule has 2 unspecified atom stereocenters. The number of carbonyl (C=O) groups is 1. The Morgan fingerprint density at radius 2 is 2.05 bits per heavy atom. The molecular weight excluding hydrogens is 341 g/mol. The van der Waals surface area contributed by atoms with Gasteiger partial charge in [-0.15, -0.1) is 36.6 Å². The molecule has 1 saturated heterocycles. The van der Waals surface area contributed by atoms with Crippen LogP contribution in [0.25, 0.3) is 0 Å². The monoisotopic (exact) mass is 363 g/mol. The summed E-state index contributed by atoms with van der Waals surface area (Å²) in [5, 5.41) is 6.80. The van der Waals surface area contributed by atoms with Gasteiger partial charge < -0.3 is 5.32 Å². The SMILES string of the molecule is Cl.Cl.O=C(NC1CCCCC1)C1CSC(c2cccnc2)N1. The predicted octanol–water partition coefficient (Wildman–Crippen LogP) is 3.08. The molecule has 0 aromatic carbocycles. The third kappa shape index (κ3) is 5.01. The second kappa shape index (κ2) is 9.60. The zero-order valence-electron chi connectivity index (χ0n) is 12.4. The highest BCUT2D eigenvalue weighted by atomic mass is 35.5. The van der Waals surface area contributed by atoms with Crippen LogP contribution in [-0.4, -0.2) is 28.7 Å². The molecule has 1 aliphatic carbocycles. The summed E-state index contributed by atoms with van der Waals surface area (Å²) < 4.78 is 0. The zero-order chi connectivity index (χ0) is 13.8. The fourth-order valence-corrected chi connectivity index (χ4v) is 4.12. The molecule has 7 heteroatoms. The van der Waals surface area contributed by atoms with Gasteiger partial charge in [-0.05, 0) is 24.5 Å². The standard InChI is InChI=1S/C15H21N3OS.2ClH/c19-14(17-12-6-2-1-3-7-12)13-10-20-15(18-13)11-5-4-8-16-9-11;;/h4-5,8-9,12-13,15,18H,1-3,6-7,10H2,(H,17,19);2*1H. The Bertz CT molecular complexity index is 457. The van der Waals surface area contributed by atoms with Gasteiger partial charge in [-0.25, -0.2) is 0 Å². The Kier molecular flexibility index (Phi) is 8.54. The maximum atomic E-state index is 12.3. The number of hydrogen-bond acceptors (Lipinski definition) is 4. The van der Waals surface area contributed by atoms with E-state index in [2.05, 4.69) is 21.7 Å². The van der Waals surface area contributed by atoms with E-state index < -0.39 is 0 Å². The van der Waals surface area contributed by atoms with Crippen molar-refractivity contribution in [1.29, 1.82) is 0 Å². The van der Waals surface area contributed by atoms with E-state index in [1.807, 2.05) is 12.3 Å². The van der Waals surface area contributed by atoms with E-state index >= 15 is 0 Å². The van der Waals surface area contributed by atoms with Crippen LogP contribution in [0.3, 0.4) is 0 Å². The minimum Gasteiger partial charge on any atom is -0.352 e. The van der Waals surface area contributed by atoms with Crippen molar-refractivity contribution >= 4 is 42.5 Å². The molecule has 0 spiro atoms. The van der Waals surface area contributed by atoms with Crippen LogP contribution in [0, 0.1) is 0 Å². The van der Waals surface area contributed by atoms with Crippen molar-refractivity contribution in [3.63, 3.8) is 0 Å². The first-order chi connectivity index (χ1) is 9.83. The van der Waals surface area contributed by atoms with Crippen LogP contribution in [0.1, 0.15) is 43.0 Å². The van der Waals surface area contributed by atoms with Gasteiger partial charge in [-0.3, -0.25) is 15.1 Å². The first-order valence-electron chi connectivity index (χ1n) is 7.41. The molecule has 2 fully saturated rings. The molecule has 1 saturated carbocycles. The number of halogens is 2. The summed E-state index contributed by atoms with van der Waals surface area (Å²) in [4.78, 5) is 16.4. The van der Waals surface area contributed by atoms with Crippen LogP contribution in [0.5, 0.6) is 0 Å². The van der Waals surface area contributed by atoms with Crippen molar-refractivity contribution in [3.05, 3.63) is 30.1 Å². The lowest BCUT2D eigenvalue weighted by Crippen LogP contribution is -2.47. The number of pyridine rings is 1. The summed E-state index contributed by atoms with van der Waals surface area (Å²) in [6.07, 6.45) is 9.72. The largest absolute Gasteiger partial charge is 0.352 e. The van der Waals surface area contributed by atoms with Gasteiger partial charge in [0.25, 0.3) is 0 Å². The van der Waals surface area contributed by atoms with Crippen molar-refractivity contribution < 1.29 is 4.79 Å². The van der Waals surface area contributed by atoms with E-state index in [4.69, 9.17) is 0 Å². The Hall–Kier alpha value is -0.490. The molecule has 2 N–H and O–H groups in total. The van der Waals surface area contributed by atoms with Gasteiger partial charge in [0.15, 0.2) is 0 Å². The molecule has 2 atom stereocenters. The lowest BCUT2D eigenvalue weighted by molar-refractivity contribution is -0.123. The molecule has 2 aliphatic rings. The average Bonchev–Trinajstić information content (AvgIpc) is 2.99. The normalized spacial score (nSPS) is 24.9. The third-order valence-electron chi connectivity index (χ3n) is 4.04. The van der Waals surface area contributed by atoms with Gasteiger partial charge in [-0.2, -0.15) is 0 Å². The Labute approximate surface area is 148 Å². The zero-order valence-corrected chi connectivity index (χ0v) is 14.8.